The van der Waals surface area contributed by atoms with Gasteiger partial charge >= 0.3 is 0 Å². The number of nitrogens with zero attached hydrogens (tertiary/aromatic N) is 5. The molecule has 1 fully saturated rings. The number of halogens is 1. The molecule has 24 heavy (non-hydrogen) atoms. The second kappa shape index (κ2) is 7.44. The van der Waals surface area contributed by atoms with Gasteiger partial charge in [-0.2, -0.15) is 0 Å². The highest BCUT2D eigenvalue weighted by Gasteiger charge is 2.24. The lowest BCUT2D eigenvalue weighted by molar-refractivity contribution is -0.130. The SMILES string of the molecule is CNc1c(Cl)ncnc1N1CCN(C(=O)Cc2ccccn2)CC1. The molecule has 2 aromatic heterocycles. The third kappa shape index (κ3) is 3.56. The molecule has 0 spiro atoms. The Labute approximate surface area is 145 Å². The van der Waals surface area contributed by atoms with Crippen LogP contribution in [0.5, 0.6) is 0 Å². The van der Waals surface area contributed by atoms with Crippen molar-refractivity contribution in [3.63, 3.8) is 0 Å². The van der Waals surface area contributed by atoms with Gasteiger partial charge in [0.05, 0.1) is 6.42 Å². The van der Waals surface area contributed by atoms with Crippen molar-refractivity contribution in [1.82, 2.24) is 19.9 Å². The van der Waals surface area contributed by atoms with E-state index in [1.165, 1.54) is 6.33 Å². The van der Waals surface area contributed by atoms with Crippen LogP contribution in [0.15, 0.2) is 30.7 Å². The quantitative estimate of drug-likeness (QED) is 0.845. The van der Waals surface area contributed by atoms with E-state index in [9.17, 15) is 4.79 Å². The summed E-state index contributed by atoms with van der Waals surface area (Å²) in [5, 5.41) is 3.44. The minimum Gasteiger partial charge on any atom is -0.383 e. The van der Waals surface area contributed by atoms with Crippen molar-refractivity contribution in [1.29, 1.82) is 0 Å². The predicted molar refractivity (Wildman–Crippen MR) is 93.3 cm³/mol. The fourth-order valence-electron chi connectivity index (χ4n) is 2.75. The van der Waals surface area contributed by atoms with Crippen molar-refractivity contribution in [2.24, 2.45) is 0 Å². The lowest BCUT2D eigenvalue weighted by Crippen LogP contribution is -2.49. The van der Waals surface area contributed by atoms with Crippen molar-refractivity contribution in [3.05, 3.63) is 41.6 Å². The summed E-state index contributed by atoms with van der Waals surface area (Å²) >= 11 is 6.11. The Morgan fingerprint density at radius 1 is 1.21 bits per heavy atom. The van der Waals surface area contributed by atoms with Gasteiger partial charge in [0.2, 0.25) is 5.91 Å². The number of aromatic nitrogens is 3. The molecule has 2 aromatic rings. The average Bonchev–Trinajstić information content (AvgIpc) is 2.62. The van der Waals surface area contributed by atoms with Gasteiger partial charge in [0.25, 0.3) is 0 Å². The molecule has 0 radical (unpaired) electrons. The third-order valence-electron chi connectivity index (χ3n) is 4.02. The summed E-state index contributed by atoms with van der Waals surface area (Å²) < 4.78 is 0. The first-order chi connectivity index (χ1) is 11.7. The number of carbonyl (C=O) groups excluding carboxylic acids is 1. The van der Waals surface area contributed by atoms with Crippen molar-refractivity contribution >= 4 is 29.0 Å². The molecule has 0 unspecified atom stereocenters. The Morgan fingerprint density at radius 3 is 2.67 bits per heavy atom. The van der Waals surface area contributed by atoms with Crippen LogP contribution in [-0.4, -0.2) is 59.0 Å². The maximum atomic E-state index is 12.4. The van der Waals surface area contributed by atoms with E-state index in [0.29, 0.717) is 43.4 Å². The maximum Gasteiger partial charge on any atom is 0.228 e. The van der Waals surface area contributed by atoms with E-state index in [1.54, 1.807) is 13.2 Å². The molecule has 1 amide bonds. The number of hydrogen-bond donors (Lipinski definition) is 1. The van der Waals surface area contributed by atoms with Gasteiger partial charge < -0.3 is 15.1 Å². The molecule has 0 saturated carbocycles. The Morgan fingerprint density at radius 2 is 2.00 bits per heavy atom. The van der Waals surface area contributed by atoms with Gasteiger partial charge in [-0.3, -0.25) is 9.78 Å². The molecule has 1 aliphatic heterocycles. The number of nitrogens with one attached hydrogen (secondary N) is 1. The zero-order valence-electron chi connectivity index (χ0n) is 13.4. The molecule has 126 valence electrons. The van der Waals surface area contributed by atoms with Crippen LogP contribution in [0.2, 0.25) is 5.15 Å². The highest BCUT2D eigenvalue weighted by Crippen LogP contribution is 2.29. The van der Waals surface area contributed by atoms with Crippen LogP contribution in [0.1, 0.15) is 5.69 Å². The molecule has 7 nitrogen and oxygen atoms in total. The standard InChI is InChI=1S/C16H19ClN6O/c1-18-14-15(17)20-11-21-16(14)23-8-6-22(7-9-23)13(24)10-12-4-2-3-5-19-12/h2-5,11,18H,6-10H2,1H3. The Hall–Kier alpha value is -2.41. The summed E-state index contributed by atoms with van der Waals surface area (Å²) in [5.74, 6) is 0.872. The maximum absolute atomic E-state index is 12.4. The second-order valence-electron chi connectivity index (χ2n) is 5.48. The summed E-state index contributed by atoms with van der Waals surface area (Å²) in [6.45, 7) is 2.71. The molecule has 3 rings (SSSR count). The first-order valence-electron chi connectivity index (χ1n) is 7.80. The Kier molecular flexibility index (Phi) is 5.10. The summed E-state index contributed by atoms with van der Waals surface area (Å²) in [6, 6.07) is 5.61. The molecular weight excluding hydrogens is 328 g/mol. The first kappa shape index (κ1) is 16.4. The molecule has 1 N–H and O–H groups in total. The highest BCUT2D eigenvalue weighted by atomic mass is 35.5. The largest absolute Gasteiger partial charge is 0.383 e. The Bertz CT molecular complexity index is 703. The zero-order chi connectivity index (χ0) is 16.9. The van der Waals surface area contributed by atoms with Gasteiger partial charge in [0.1, 0.15) is 12.0 Å². The summed E-state index contributed by atoms with van der Waals surface area (Å²) in [7, 11) is 1.79. The van der Waals surface area contributed by atoms with Crippen molar-refractivity contribution in [2.45, 2.75) is 6.42 Å². The Balaban J connectivity index is 1.62. The van der Waals surface area contributed by atoms with Crippen LogP contribution in [0.25, 0.3) is 0 Å². The van der Waals surface area contributed by atoms with E-state index in [4.69, 9.17) is 11.6 Å². The predicted octanol–water partition coefficient (Wildman–Crippen LogP) is 1.46. The van der Waals surface area contributed by atoms with E-state index in [2.05, 4.69) is 25.2 Å². The van der Waals surface area contributed by atoms with E-state index in [0.717, 1.165) is 11.5 Å². The van der Waals surface area contributed by atoms with Crippen molar-refractivity contribution in [3.8, 4) is 0 Å². The lowest BCUT2D eigenvalue weighted by atomic mass is 10.2. The van der Waals surface area contributed by atoms with Gasteiger partial charge in [-0.1, -0.05) is 17.7 Å². The third-order valence-corrected chi connectivity index (χ3v) is 4.31. The molecule has 0 aromatic carbocycles. The minimum absolute atomic E-state index is 0.0999. The van der Waals surface area contributed by atoms with Gasteiger partial charge in [-0.05, 0) is 12.1 Å². The average molecular weight is 347 g/mol. The van der Waals surface area contributed by atoms with Crippen LogP contribution in [0.3, 0.4) is 0 Å². The highest BCUT2D eigenvalue weighted by molar-refractivity contribution is 6.32. The molecular formula is C16H19ClN6O. The molecule has 0 atom stereocenters. The van der Waals surface area contributed by atoms with Gasteiger partial charge in [0.15, 0.2) is 11.0 Å². The monoisotopic (exact) mass is 346 g/mol. The number of anilines is 2. The van der Waals surface area contributed by atoms with Gasteiger partial charge in [-0.15, -0.1) is 0 Å². The lowest BCUT2D eigenvalue weighted by Gasteiger charge is -2.36. The minimum atomic E-state index is 0.0999. The van der Waals surface area contributed by atoms with E-state index in [-0.39, 0.29) is 5.91 Å². The topological polar surface area (TPSA) is 74.2 Å². The number of pyridine rings is 1. The second-order valence-corrected chi connectivity index (χ2v) is 5.84. The van der Waals surface area contributed by atoms with E-state index < -0.39 is 0 Å². The number of carbonyl (C=O) groups is 1. The molecule has 1 saturated heterocycles. The molecule has 8 heteroatoms. The van der Waals surface area contributed by atoms with E-state index >= 15 is 0 Å². The van der Waals surface area contributed by atoms with Crippen LogP contribution in [0.4, 0.5) is 11.5 Å². The van der Waals surface area contributed by atoms with Crippen molar-refractivity contribution in [2.75, 3.05) is 43.4 Å². The van der Waals surface area contributed by atoms with Crippen LogP contribution in [0, 0.1) is 0 Å². The van der Waals surface area contributed by atoms with Crippen molar-refractivity contribution < 1.29 is 4.79 Å². The van der Waals surface area contributed by atoms with Gasteiger partial charge in [-0.25, -0.2) is 9.97 Å². The number of amides is 1. The van der Waals surface area contributed by atoms with Crippen LogP contribution >= 0.6 is 11.6 Å². The zero-order valence-corrected chi connectivity index (χ0v) is 14.2. The number of hydrogen-bond acceptors (Lipinski definition) is 6. The summed E-state index contributed by atoms with van der Waals surface area (Å²) in [6.07, 6.45) is 3.50. The molecule has 1 aliphatic rings. The normalized spacial score (nSPS) is 14.6. The number of piperazine rings is 1. The molecule has 0 aliphatic carbocycles. The fourth-order valence-corrected chi connectivity index (χ4v) is 2.97. The summed E-state index contributed by atoms with van der Waals surface area (Å²) in [5.41, 5.74) is 1.51. The number of rotatable bonds is 4. The van der Waals surface area contributed by atoms with Gasteiger partial charge in [0, 0.05) is 45.1 Å². The molecule has 3 heterocycles. The van der Waals surface area contributed by atoms with E-state index in [1.807, 2.05) is 23.1 Å². The molecule has 0 bridgehead atoms. The summed E-state index contributed by atoms with van der Waals surface area (Å²) in [4.78, 5) is 28.9. The smallest absolute Gasteiger partial charge is 0.228 e. The first-order valence-corrected chi connectivity index (χ1v) is 8.17. The van der Waals surface area contributed by atoms with Crippen LogP contribution < -0.4 is 10.2 Å². The fraction of sp³-hybridized carbons (Fsp3) is 0.375. The van der Waals surface area contributed by atoms with Crippen LogP contribution in [-0.2, 0) is 11.2 Å².